The van der Waals surface area contributed by atoms with Gasteiger partial charge < -0.3 is 47.7 Å². The smallest absolute Gasteiger partial charge is 0.335 e. The van der Waals surface area contributed by atoms with Gasteiger partial charge in [-0.05, 0) is 108 Å². The number of nitrogens with zero attached hydrogens (tertiary/aromatic N) is 4. The van der Waals surface area contributed by atoms with E-state index in [1.54, 1.807) is 55.8 Å². The van der Waals surface area contributed by atoms with Gasteiger partial charge in [0.05, 0.1) is 57.8 Å². The second kappa shape index (κ2) is 38.9. The van der Waals surface area contributed by atoms with E-state index in [1.807, 2.05) is 113 Å². The Kier molecular flexibility index (Phi) is 37.6. The van der Waals surface area contributed by atoms with E-state index in [9.17, 15) is 24.4 Å². The highest BCUT2D eigenvalue weighted by Crippen LogP contribution is 2.46. The van der Waals surface area contributed by atoms with Crippen molar-refractivity contribution in [3.8, 4) is 12.1 Å². The third-order valence-electron chi connectivity index (χ3n) is 9.39. The number of hydrogen-bond donors (Lipinski definition) is 0. The van der Waals surface area contributed by atoms with Crippen LogP contribution in [-0.4, -0.2) is 160 Å². The molecule has 2 rings (SSSR count). The zero-order valence-electron chi connectivity index (χ0n) is 46.0. The summed E-state index contributed by atoms with van der Waals surface area (Å²) in [4.78, 5) is 52.3. The zero-order chi connectivity index (χ0) is 57.0. The van der Waals surface area contributed by atoms with Crippen molar-refractivity contribution in [2.45, 2.75) is 77.7 Å². The summed E-state index contributed by atoms with van der Waals surface area (Å²) in [5, 5.41) is 18.6. The molecule has 2 unspecified atom stereocenters. The normalized spacial score (nSPS) is 12.4. The van der Waals surface area contributed by atoms with Crippen LogP contribution in [0.15, 0.2) is 85.0 Å². The molecule has 0 amide bonds. The molecule has 0 aliphatic heterocycles. The summed E-state index contributed by atoms with van der Waals surface area (Å²) in [6.07, 6.45) is 0.226. The number of carbonyl (C=O) groups excluding carboxylic acids is 4. The Hall–Kier alpha value is -4.58. The van der Waals surface area contributed by atoms with E-state index in [0.717, 1.165) is 33.6 Å². The number of likely N-dealkylation sites (N-methyl/N-ethyl adjacent to an activating group) is 2. The molecule has 74 heavy (non-hydrogen) atoms. The molecule has 0 bridgehead atoms. The first kappa shape index (κ1) is 71.5. The number of esters is 4. The van der Waals surface area contributed by atoms with Crippen molar-refractivity contribution in [2.24, 2.45) is 10.8 Å². The Morgan fingerprint density at radius 3 is 1.41 bits per heavy atom. The van der Waals surface area contributed by atoms with E-state index in [-0.39, 0.29) is 45.6 Å². The van der Waals surface area contributed by atoms with Crippen LogP contribution in [-0.2, 0) is 57.1 Å². The molecule has 0 saturated heterocycles. The predicted octanol–water partition coefficient (Wildman–Crippen LogP) is 9.25. The molecule has 2 atom stereocenters. The van der Waals surface area contributed by atoms with Gasteiger partial charge in [0, 0.05) is 38.5 Å². The fraction of sp³-hybridized carbons (Fsp3) is 0.556. The summed E-state index contributed by atoms with van der Waals surface area (Å²) in [5.41, 5.74) is 0.596. The fourth-order valence-electron chi connectivity index (χ4n) is 5.65. The van der Waals surface area contributed by atoms with Gasteiger partial charge >= 0.3 is 23.9 Å². The van der Waals surface area contributed by atoms with Gasteiger partial charge in [-0.25, -0.2) is 9.59 Å². The second-order valence-electron chi connectivity index (χ2n) is 18.6. The van der Waals surface area contributed by atoms with Crippen molar-refractivity contribution < 1.29 is 57.1 Å². The van der Waals surface area contributed by atoms with Crippen molar-refractivity contribution in [3.63, 3.8) is 0 Å². The Morgan fingerprint density at radius 1 is 0.581 bits per heavy atom. The quantitative estimate of drug-likeness (QED) is 0.0195. The van der Waals surface area contributed by atoms with Crippen molar-refractivity contribution in [3.05, 3.63) is 96.1 Å². The van der Waals surface area contributed by atoms with Crippen LogP contribution in [0.3, 0.4) is 0 Å². The maximum atomic E-state index is 13.5. The van der Waals surface area contributed by atoms with Gasteiger partial charge in [-0.15, -0.1) is 0 Å². The van der Waals surface area contributed by atoms with Crippen LogP contribution in [0, 0.1) is 33.5 Å². The number of carbonyl (C=O) groups is 4. The molecule has 0 fully saturated rings. The van der Waals surface area contributed by atoms with Crippen LogP contribution in [0.25, 0.3) is 0 Å². The van der Waals surface area contributed by atoms with Gasteiger partial charge in [-0.1, -0.05) is 122 Å². The minimum atomic E-state index is -1.27. The molecular formula is C54H80N4O12S4. The van der Waals surface area contributed by atoms with Crippen LogP contribution in [0.4, 0.5) is 0 Å². The minimum absolute atomic E-state index is 0.0421. The molecule has 0 N–H and O–H groups in total. The molecule has 2 aromatic rings. The molecule has 0 heterocycles. The molecule has 0 spiro atoms. The minimum Gasteiger partial charge on any atom is -0.464 e. The lowest BCUT2D eigenvalue weighted by molar-refractivity contribution is -0.164. The molecule has 16 nitrogen and oxygen atoms in total. The highest BCUT2D eigenvalue weighted by molar-refractivity contribution is 8.25. The average molecular weight is 1110 g/mol. The van der Waals surface area contributed by atoms with Gasteiger partial charge in [0.1, 0.15) is 22.7 Å². The van der Waals surface area contributed by atoms with E-state index in [2.05, 4.69) is 30.0 Å². The van der Waals surface area contributed by atoms with Gasteiger partial charge in [0.2, 0.25) is 0 Å². The maximum Gasteiger partial charge on any atom is 0.335 e. The van der Waals surface area contributed by atoms with Crippen LogP contribution < -0.4 is 0 Å². The van der Waals surface area contributed by atoms with Gasteiger partial charge in [-0.3, -0.25) is 9.59 Å². The maximum absolute atomic E-state index is 13.5. The number of thiocarbonyl (C=S) groups is 2. The van der Waals surface area contributed by atoms with Crippen molar-refractivity contribution in [2.75, 3.05) is 109 Å². The average Bonchev–Trinajstić information content (AvgIpc) is 3.34. The van der Waals surface area contributed by atoms with E-state index in [4.69, 9.17) is 62.9 Å². The number of thioether (sulfide) groups is 2. The lowest BCUT2D eigenvalue weighted by Crippen LogP contribution is -2.45. The number of methoxy groups -OCH3 is 2. The first-order valence-corrected chi connectivity index (χ1v) is 25.8. The van der Waals surface area contributed by atoms with Crippen LogP contribution in [0.5, 0.6) is 0 Å². The third-order valence-corrected chi connectivity index (χ3v) is 12.6. The molecule has 0 aromatic heterocycles. The summed E-state index contributed by atoms with van der Waals surface area (Å²) in [6, 6.07) is 23.6. The molecule has 2 aromatic carbocycles. The lowest BCUT2D eigenvalue weighted by atomic mass is 9.70. The second-order valence-corrected chi connectivity index (χ2v) is 23.1. The fourth-order valence-corrected chi connectivity index (χ4v) is 9.06. The molecular weight excluding hydrogens is 1020 g/mol. The molecule has 0 aliphatic carbocycles. The molecule has 412 valence electrons. The largest absolute Gasteiger partial charge is 0.464 e. The topological polar surface area (TPSA) is 196 Å². The Morgan fingerprint density at radius 2 is 1.00 bits per heavy atom. The predicted molar refractivity (Wildman–Crippen MR) is 303 cm³/mol. The lowest BCUT2D eigenvalue weighted by Gasteiger charge is -2.38. The Balaban J connectivity index is 0. The van der Waals surface area contributed by atoms with Crippen molar-refractivity contribution >= 4 is 80.2 Å². The van der Waals surface area contributed by atoms with Crippen LogP contribution in [0.2, 0.25) is 0 Å². The summed E-state index contributed by atoms with van der Waals surface area (Å²) in [5.74, 6) is -1.80. The zero-order valence-corrected chi connectivity index (χ0v) is 49.3. The van der Waals surface area contributed by atoms with E-state index in [1.165, 1.54) is 11.8 Å². The Labute approximate surface area is 460 Å². The first-order chi connectivity index (χ1) is 34.5. The number of benzene rings is 2. The number of ether oxygens (including phenoxy) is 8. The van der Waals surface area contributed by atoms with Crippen molar-refractivity contribution in [1.29, 1.82) is 10.5 Å². The standard InChI is InChI=1S/C27H40N2O6S2.C11H11NS2.C8H15NO2.C8H14O4/c1-25(2,19-28)17-26(3,23(30)34-14-13-29(5)6)18-27(4,24(31)35-20-33-16-15-32-7)37-22(36)21-11-9-8-10-12-21;1-11(2,8-12)14-10(13)9-6-4-3-5-7-9;1-7(2)8(10)11-6-5-9(3)4;1-7(2)8(9)12-6-11-5-4-10-3/h8-12H,13-18,20H2,1-7H3;3-7H,1-2H3;1,5-6H2,2-4H3;1,4-6H2,2-3H3. The number of hydrogen-bond acceptors (Lipinski definition) is 20. The van der Waals surface area contributed by atoms with E-state index >= 15 is 0 Å². The van der Waals surface area contributed by atoms with E-state index in [0.29, 0.717) is 48.3 Å². The summed E-state index contributed by atoms with van der Waals surface area (Å²) >= 11 is 13.5. The number of rotatable bonds is 28. The van der Waals surface area contributed by atoms with Crippen LogP contribution >= 0.6 is 48.0 Å². The molecule has 20 heteroatoms. The van der Waals surface area contributed by atoms with Crippen LogP contribution in [0.1, 0.15) is 79.4 Å². The van der Waals surface area contributed by atoms with E-state index < -0.39 is 38.2 Å². The highest BCUT2D eigenvalue weighted by Gasteiger charge is 2.50. The molecule has 0 radical (unpaired) electrons. The van der Waals surface area contributed by atoms with Crippen molar-refractivity contribution in [1.82, 2.24) is 9.80 Å². The first-order valence-electron chi connectivity index (χ1n) is 23.4. The van der Waals surface area contributed by atoms with Gasteiger partial charge in [0.25, 0.3) is 0 Å². The monoisotopic (exact) mass is 1100 g/mol. The molecule has 0 saturated carbocycles. The summed E-state index contributed by atoms with van der Waals surface area (Å²) in [6.45, 7) is 23.9. The van der Waals surface area contributed by atoms with Gasteiger partial charge in [0.15, 0.2) is 13.6 Å². The highest BCUT2D eigenvalue weighted by atomic mass is 32.2. The Bertz CT molecular complexity index is 2130. The number of nitriles is 2. The SMILES string of the molecule is C=C(C)C(=O)OCCN(C)C.C=C(C)C(=O)OCOCCOC.CC(C)(C#N)SC(=S)c1ccccc1.COCCOCOC(=O)C(C)(CC(C)(CC(C)(C)C#N)C(=O)OCCN(C)C)SC(=S)c1ccccc1. The molecule has 0 aliphatic rings. The summed E-state index contributed by atoms with van der Waals surface area (Å²) < 4.78 is 40.0. The van der Waals surface area contributed by atoms with Gasteiger partial charge in [-0.2, -0.15) is 10.5 Å². The summed E-state index contributed by atoms with van der Waals surface area (Å²) in [7, 11) is 10.7. The third kappa shape index (κ3) is 34.1.